The van der Waals surface area contributed by atoms with Crippen LogP contribution in [-0.4, -0.2) is 28.7 Å². The topological polar surface area (TPSA) is 85.4 Å². The molecular weight excluding hydrogens is 396 g/mol. The van der Waals surface area contributed by atoms with Gasteiger partial charge in [0.15, 0.2) is 15.8 Å². The zero-order valence-corrected chi connectivity index (χ0v) is 16.9. The summed E-state index contributed by atoms with van der Waals surface area (Å²) in [5, 5.41) is 15.1. The third kappa shape index (κ3) is 4.37. The third-order valence-electron chi connectivity index (χ3n) is 4.15. The van der Waals surface area contributed by atoms with Crippen LogP contribution < -0.4 is 20.1 Å². The number of benzene rings is 2. The molecule has 1 aromatic heterocycles. The maximum Gasteiger partial charge on any atom is 0.234 e. The first kappa shape index (κ1) is 18.6. The number of thioether (sulfide) groups is 1. The lowest BCUT2D eigenvalue weighted by atomic mass is 10.1. The highest BCUT2D eigenvalue weighted by Gasteiger charge is 2.14. The molecule has 0 fully saturated rings. The van der Waals surface area contributed by atoms with Crippen LogP contribution in [0.25, 0.3) is 0 Å². The summed E-state index contributed by atoms with van der Waals surface area (Å²) in [7, 11) is 0. The molecule has 0 radical (unpaired) electrons. The Bertz CT molecular complexity index is 1020. The number of hydrogen-bond acceptors (Lipinski definition) is 8. The zero-order valence-electron chi connectivity index (χ0n) is 15.3. The number of nitrogens with one attached hydrogen (secondary N) is 2. The number of nitrogens with zero attached hydrogens (tertiary/aromatic N) is 2. The van der Waals surface area contributed by atoms with Crippen molar-refractivity contribution >= 4 is 45.5 Å². The van der Waals surface area contributed by atoms with Gasteiger partial charge in [0.2, 0.25) is 17.8 Å². The summed E-state index contributed by atoms with van der Waals surface area (Å²) in [6.45, 7) is 4.35. The van der Waals surface area contributed by atoms with E-state index in [0.29, 0.717) is 22.3 Å². The van der Waals surface area contributed by atoms with Gasteiger partial charge in [0, 0.05) is 17.4 Å². The van der Waals surface area contributed by atoms with Crippen molar-refractivity contribution < 1.29 is 14.3 Å². The first-order chi connectivity index (χ1) is 13.6. The van der Waals surface area contributed by atoms with E-state index in [4.69, 9.17) is 9.47 Å². The molecule has 0 bridgehead atoms. The van der Waals surface area contributed by atoms with E-state index in [2.05, 4.69) is 46.8 Å². The minimum Gasteiger partial charge on any atom is -0.454 e. The molecule has 9 heteroatoms. The van der Waals surface area contributed by atoms with Crippen molar-refractivity contribution in [2.45, 2.75) is 18.2 Å². The summed E-state index contributed by atoms with van der Waals surface area (Å²) in [6.07, 6.45) is 0. The summed E-state index contributed by atoms with van der Waals surface area (Å²) >= 11 is 2.76. The van der Waals surface area contributed by atoms with Crippen molar-refractivity contribution in [3.05, 3.63) is 47.5 Å². The highest BCUT2D eigenvalue weighted by molar-refractivity contribution is 8.01. The Morgan fingerprint density at radius 3 is 2.75 bits per heavy atom. The molecular formula is C19H18N4O3S2. The van der Waals surface area contributed by atoms with Crippen molar-refractivity contribution in [1.29, 1.82) is 0 Å². The lowest BCUT2D eigenvalue weighted by Gasteiger charge is -2.05. The molecule has 2 aromatic carbocycles. The first-order valence-electron chi connectivity index (χ1n) is 8.57. The van der Waals surface area contributed by atoms with Crippen LogP contribution >= 0.6 is 23.1 Å². The summed E-state index contributed by atoms with van der Waals surface area (Å²) in [6, 6.07) is 11.5. The predicted octanol–water partition coefficient (Wildman–Crippen LogP) is 4.36. The zero-order chi connectivity index (χ0) is 19.5. The van der Waals surface area contributed by atoms with Crippen molar-refractivity contribution in [3.63, 3.8) is 0 Å². The van der Waals surface area contributed by atoms with Crippen LogP contribution in [0.5, 0.6) is 11.5 Å². The Morgan fingerprint density at radius 1 is 1.07 bits per heavy atom. The molecule has 2 heterocycles. The Labute approximate surface area is 170 Å². The van der Waals surface area contributed by atoms with Gasteiger partial charge in [-0.3, -0.25) is 4.79 Å². The highest BCUT2D eigenvalue weighted by atomic mass is 32.2. The fraction of sp³-hybridized carbons (Fsp3) is 0.211. The summed E-state index contributed by atoms with van der Waals surface area (Å²) in [5.41, 5.74) is 4.09. The van der Waals surface area contributed by atoms with Gasteiger partial charge in [0.25, 0.3) is 0 Å². The number of rotatable bonds is 6. The number of amides is 1. The van der Waals surface area contributed by atoms with Crippen LogP contribution in [-0.2, 0) is 4.79 Å². The highest BCUT2D eigenvalue weighted by Crippen LogP contribution is 2.34. The number of aryl methyl sites for hydroxylation is 2. The minimum absolute atomic E-state index is 0.122. The average Bonchev–Trinajstić information content (AvgIpc) is 3.32. The van der Waals surface area contributed by atoms with E-state index in [1.807, 2.05) is 6.07 Å². The number of carbonyl (C=O) groups excluding carboxylic acids is 1. The molecule has 2 N–H and O–H groups in total. The first-order valence-corrected chi connectivity index (χ1v) is 10.4. The van der Waals surface area contributed by atoms with E-state index in [9.17, 15) is 4.79 Å². The molecule has 4 rings (SSSR count). The van der Waals surface area contributed by atoms with Crippen molar-refractivity contribution in [1.82, 2.24) is 10.2 Å². The normalized spacial score (nSPS) is 12.1. The third-order valence-corrected chi connectivity index (χ3v) is 6.12. The van der Waals surface area contributed by atoms with E-state index in [-0.39, 0.29) is 18.5 Å². The van der Waals surface area contributed by atoms with E-state index in [0.717, 1.165) is 10.0 Å². The number of aromatic nitrogens is 2. The van der Waals surface area contributed by atoms with E-state index in [1.165, 1.54) is 34.2 Å². The predicted molar refractivity (Wildman–Crippen MR) is 111 cm³/mol. The van der Waals surface area contributed by atoms with E-state index >= 15 is 0 Å². The van der Waals surface area contributed by atoms with Gasteiger partial charge < -0.3 is 20.1 Å². The van der Waals surface area contributed by atoms with Crippen molar-refractivity contribution in [2.24, 2.45) is 0 Å². The van der Waals surface area contributed by atoms with Crippen LogP contribution in [0.15, 0.2) is 40.7 Å². The lowest BCUT2D eigenvalue weighted by molar-refractivity contribution is -0.113. The summed E-state index contributed by atoms with van der Waals surface area (Å²) in [5.74, 6) is 1.44. The lowest BCUT2D eigenvalue weighted by Crippen LogP contribution is -2.13. The SMILES string of the molecule is Cc1ccc(Nc2nnc(SCC(=O)Nc3ccc4c(c3)OCO4)s2)cc1C. The standard InChI is InChI=1S/C19H18N4O3S2/c1-11-3-4-13(7-12(11)2)21-18-22-23-19(28-18)27-9-17(24)20-14-5-6-15-16(8-14)26-10-25-15/h3-8H,9-10H2,1-2H3,(H,20,24)(H,21,22). The molecule has 7 nitrogen and oxygen atoms in total. The van der Waals surface area contributed by atoms with Crippen LogP contribution in [0.2, 0.25) is 0 Å². The summed E-state index contributed by atoms with van der Waals surface area (Å²) in [4.78, 5) is 12.2. The molecule has 1 amide bonds. The molecule has 28 heavy (non-hydrogen) atoms. The largest absolute Gasteiger partial charge is 0.454 e. The molecule has 144 valence electrons. The number of hydrogen-bond donors (Lipinski definition) is 2. The van der Waals surface area contributed by atoms with Gasteiger partial charge in [0.05, 0.1) is 5.75 Å². The average molecular weight is 415 g/mol. The van der Waals surface area contributed by atoms with Gasteiger partial charge in [-0.15, -0.1) is 10.2 Å². The van der Waals surface area contributed by atoms with Crippen molar-refractivity contribution in [3.8, 4) is 11.5 Å². The van der Waals surface area contributed by atoms with Gasteiger partial charge in [-0.1, -0.05) is 29.2 Å². The Kier molecular flexibility index (Phi) is 5.36. The molecule has 0 saturated heterocycles. The van der Waals surface area contributed by atoms with E-state index in [1.54, 1.807) is 18.2 Å². The fourth-order valence-corrected chi connectivity index (χ4v) is 4.13. The van der Waals surface area contributed by atoms with Crippen LogP contribution in [0.1, 0.15) is 11.1 Å². The van der Waals surface area contributed by atoms with Gasteiger partial charge in [-0.25, -0.2) is 0 Å². The molecule has 0 saturated carbocycles. The minimum atomic E-state index is -0.122. The molecule has 0 atom stereocenters. The number of ether oxygens (including phenoxy) is 2. The fourth-order valence-electron chi connectivity index (χ4n) is 2.56. The number of anilines is 3. The van der Waals surface area contributed by atoms with Gasteiger partial charge in [0.1, 0.15) is 0 Å². The van der Waals surface area contributed by atoms with E-state index < -0.39 is 0 Å². The molecule has 0 aliphatic carbocycles. The second-order valence-electron chi connectivity index (χ2n) is 6.20. The molecule has 1 aliphatic heterocycles. The van der Waals surface area contributed by atoms with Gasteiger partial charge >= 0.3 is 0 Å². The monoisotopic (exact) mass is 414 g/mol. The molecule has 0 spiro atoms. The van der Waals surface area contributed by atoms with Gasteiger partial charge in [-0.05, 0) is 49.2 Å². The smallest absolute Gasteiger partial charge is 0.234 e. The second-order valence-corrected chi connectivity index (χ2v) is 8.40. The quantitative estimate of drug-likeness (QED) is 0.580. The van der Waals surface area contributed by atoms with Crippen molar-refractivity contribution in [2.75, 3.05) is 23.2 Å². The Morgan fingerprint density at radius 2 is 1.89 bits per heavy atom. The van der Waals surface area contributed by atoms with Crippen LogP contribution in [0.3, 0.4) is 0 Å². The number of fused-ring (bicyclic) bond motifs is 1. The molecule has 3 aromatic rings. The Hall–Kier alpha value is -2.78. The maximum absolute atomic E-state index is 12.2. The number of carbonyl (C=O) groups is 1. The van der Waals surface area contributed by atoms with Gasteiger partial charge in [-0.2, -0.15) is 0 Å². The summed E-state index contributed by atoms with van der Waals surface area (Å²) < 4.78 is 11.3. The molecule has 1 aliphatic rings. The van der Waals surface area contributed by atoms with Crippen LogP contribution in [0, 0.1) is 13.8 Å². The molecule has 0 unspecified atom stereocenters. The second kappa shape index (κ2) is 8.07. The van der Waals surface area contributed by atoms with Crippen LogP contribution in [0.4, 0.5) is 16.5 Å². The Balaban J connectivity index is 1.30. The maximum atomic E-state index is 12.2.